The minimum absolute atomic E-state index is 0.111. The van der Waals surface area contributed by atoms with Gasteiger partial charge >= 0.3 is 6.09 Å². The Balaban J connectivity index is 1.43. The van der Waals surface area contributed by atoms with Crippen LogP contribution in [0.1, 0.15) is 37.2 Å². The molecule has 1 aliphatic heterocycles. The number of aromatic amines is 1. The molecule has 26 heavy (non-hydrogen) atoms. The molecule has 2 N–H and O–H groups in total. The fourth-order valence-corrected chi connectivity index (χ4v) is 2.77. The highest BCUT2D eigenvalue weighted by atomic mass is 16.6. The highest BCUT2D eigenvalue weighted by Gasteiger charge is 2.37. The SMILES string of the molecule is CCCC(NC(=O)C1CN(C(=O)OCc2ccccc2)C1)c1nn[nH]n1. The smallest absolute Gasteiger partial charge is 0.410 e. The van der Waals surface area contributed by atoms with Gasteiger partial charge in [-0.05, 0) is 12.0 Å². The molecule has 2 heterocycles. The van der Waals surface area contributed by atoms with Gasteiger partial charge in [-0.1, -0.05) is 48.9 Å². The van der Waals surface area contributed by atoms with E-state index in [1.807, 2.05) is 37.3 Å². The number of aromatic nitrogens is 4. The first-order valence-electron chi connectivity index (χ1n) is 8.66. The molecule has 9 heteroatoms. The van der Waals surface area contributed by atoms with Gasteiger partial charge < -0.3 is 15.0 Å². The van der Waals surface area contributed by atoms with Crippen LogP contribution in [-0.4, -0.2) is 50.6 Å². The molecule has 1 aliphatic rings. The van der Waals surface area contributed by atoms with Gasteiger partial charge in [0.2, 0.25) is 5.91 Å². The van der Waals surface area contributed by atoms with Gasteiger partial charge in [0.25, 0.3) is 0 Å². The first-order valence-corrected chi connectivity index (χ1v) is 8.66. The minimum Gasteiger partial charge on any atom is -0.445 e. The molecular weight excluding hydrogens is 336 g/mol. The fourth-order valence-electron chi connectivity index (χ4n) is 2.77. The third kappa shape index (κ3) is 4.35. The largest absolute Gasteiger partial charge is 0.445 e. The number of benzene rings is 1. The van der Waals surface area contributed by atoms with Crippen molar-refractivity contribution in [3.8, 4) is 0 Å². The van der Waals surface area contributed by atoms with Crippen molar-refractivity contribution in [1.29, 1.82) is 0 Å². The maximum Gasteiger partial charge on any atom is 0.410 e. The van der Waals surface area contributed by atoms with Crippen LogP contribution in [0.15, 0.2) is 30.3 Å². The zero-order valence-electron chi connectivity index (χ0n) is 14.6. The minimum atomic E-state index is -0.402. The standard InChI is InChI=1S/C17H22N6O3/c1-2-6-14(15-19-21-22-20-15)18-16(24)13-9-23(10-13)17(25)26-11-12-7-4-3-5-8-12/h3-5,7-8,13-14H,2,6,9-11H2,1H3,(H,18,24)(H,19,20,21,22). The first kappa shape index (κ1) is 17.8. The lowest BCUT2D eigenvalue weighted by molar-refractivity contribution is -0.130. The molecule has 2 aromatic rings. The van der Waals surface area contributed by atoms with E-state index in [4.69, 9.17) is 4.74 Å². The normalized spacial score (nSPS) is 15.2. The van der Waals surface area contributed by atoms with Gasteiger partial charge in [-0.3, -0.25) is 4.79 Å². The lowest BCUT2D eigenvalue weighted by Gasteiger charge is -2.37. The lowest BCUT2D eigenvalue weighted by atomic mass is 9.99. The number of rotatable bonds is 7. The first-order chi connectivity index (χ1) is 12.7. The highest BCUT2D eigenvalue weighted by Crippen LogP contribution is 2.20. The summed E-state index contributed by atoms with van der Waals surface area (Å²) in [5, 5.41) is 16.8. The number of tetrazole rings is 1. The van der Waals surface area contributed by atoms with Crippen molar-refractivity contribution in [3.05, 3.63) is 41.7 Å². The molecule has 138 valence electrons. The number of ether oxygens (including phenoxy) is 1. The molecule has 0 radical (unpaired) electrons. The Morgan fingerprint density at radius 2 is 2.12 bits per heavy atom. The fraction of sp³-hybridized carbons (Fsp3) is 0.471. The second-order valence-corrected chi connectivity index (χ2v) is 6.26. The van der Waals surface area contributed by atoms with Crippen LogP contribution in [0, 0.1) is 5.92 Å². The van der Waals surface area contributed by atoms with E-state index in [1.54, 1.807) is 0 Å². The second kappa shape index (κ2) is 8.41. The van der Waals surface area contributed by atoms with E-state index in [0.29, 0.717) is 18.9 Å². The van der Waals surface area contributed by atoms with Crippen LogP contribution in [0.3, 0.4) is 0 Å². The molecule has 1 aromatic heterocycles. The molecule has 0 saturated carbocycles. The van der Waals surface area contributed by atoms with E-state index >= 15 is 0 Å². The summed E-state index contributed by atoms with van der Waals surface area (Å²) in [4.78, 5) is 25.9. The molecule has 1 fully saturated rings. The van der Waals surface area contributed by atoms with Gasteiger partial charge in [0.1, 0.15) is 6.61 Å². The predicted octanol–water partition coefficient (Wildman–Crippen LogP) is 1.43. The maximum absolute atomic E-state index is 12.4. The lowest BCUT2D eigenvalue weighted by Crippen LogP contribution is -2.56. The van der Waals surface area contributed by atoms with Crippen molar-refractivity contribution in [1.82, 2.24) is 30.8 Å². The number of nitrogens with one attached hydrogen (secondary N) is 2. The van der Waals surface area contributed by atoms with Crippen molar-refractivity contribution < 1.29 is 14.3 Å². The topological polar surface area (TPSA) is 113 Å². The molecule has 0 aliphatic carbocycles. The van der Waals surface area contributed by atoms with Crippen LogP contribution in [-0.2, 0) is 16.1 Å². The summed E-state index contributed by atoms with van der Waals surface area (Å²) < 4.78 is 5.26. The number of amides is 2. The molecule has 0 spiro atoms. The Morgan fingerprint density at radius 3 is 2.77 bits per heavy atom. The van der Waals surface area contributed by atoms with Gasteiger partial charge in [0.05, 0.1) is 12.0 Å². The van der Waals surface area contributed by atoms with Gasteiger partial charge in [-0.2, -0.15) is 5.21 Å². The summed E-state index contributed by atoms with van der Waals surface area (Å²) in [6, 6.07) is 9.21. The van der Waals surface area contributed by atoms with Crippen molar-refractivity contribution in [2.24, 2.45) is 5.92 Å². The molecular formula is C17H22N6O3. The summed E-state index contributed by atoms with van der Waals surface area (Å²) >= 11 is 0. The molecule has 0 bridgehead atoms. The van der Waals surface area contributed by atoms with Crippen LogP contribution in [0.5, 0.6) is 0 Å². The summed E-state index contributed by atoms with van der Waals surface area (Å²) in [6.45, 7) is 2.95. The number of carbonyl (C=O) groups excluding carboxylic acids is 2. The molecule has 9 nitrogen and oxygen atoms in total. The molecule has 1 aromatic carbocycles. The quantitative estimate of drug-likeness (QED) is 0.774. The van der Waals surface area contributed by atoms with Gasteiger partial charge in [-0.25, -0.2) is 4.79 Å². The van der Waals surface area contributed by atoms with Crippen molar-refractivity contribution in [3.63, 3.8) is 0 Å². The maximum atomic E-state index is 12.4. The summed E-state index contributed by atoms with van der Waals surface area (Å²) in [5.41, 5.74) is 0.929. The number of hydrogen-bond acceptors (Lipinski definition) is 6. The van der Waals surface area contributed by atoms with Gasteiger partial charge in [0.15, 0.2) is 5.82 Å². The summed E-state index contributed by atoms with van der Waals surface area (Å²) in [7, 11) is 0. The van der Waals surface area contributed by atoms with Gasteiger partial charge in [-0.15, -0.1) is 10.2 Å². The zero-order chi connectivity index (χ0) is 18.4. The summed E-state index contributed by atoms with van der Waals surface area (Å²) in [6.07, 6.45) is 1.20. The van der Waals surface area contributed by atoms with E-state index in [1.165, 1.54) is 4.90 Å². The monoisotopic (exact) mass is 358 g/mol. The average Bonchev–Trinajstić information content (AvgIpc) is 3.14. The number of hydrogen-bond donors (Lipinski definition) is 2. The summed E-state index contributed by atoms with van der Waals surface area (Å²) in [5.74, 6) is 0.115. The zero-order valence-corrected chi connectivity index (χ0v) is 14.6. The number of nitrogens with zero attached hydrogens (tertiary/aromatic N) is 4. The van der Waals surface area contributed by atoms with E-state index in [2.05, 4.69) is 25.9 Å². The third-order valence-electron chi connectivity index (χ3n) is 4.28. The van der Waals surface area contributed by atoms with Crippen molar-refractivity contribution in [2.45, 2.75) is 32.4 Å². The Labute approximate surface area is 151 Å². The molecule has 2 amide bonds. The number of H-pyrrole nitrogens is 1. The van der Waals surface area contributed by atoms with Crippen LogP contribution in [0.2, 0.25) is 0 Å². The van der Waals surface area contributed by atoms with Crippen molar-refractivity contribution >= 4 is 12.0 Å². The predicted molar refractivity (Wildman–Crippen MR) is 91.7 cm³/mol. The van der Waals surface area contributed by atoms with E-state index in [9.17, 15) is 9.59 Å². The number of carbonyl (C=O) groups is 2. The van der Waals surface area contributed by atoms with Gasteiger partial charge in [0, 0.05) is 13.1 Å². The molecule has 1 atom stereocenters. The van der Waals surface area contributed by atoms with Crippen LogP contribution in [0.25, 0.3) is 0 Å². The Kier molecular flexibility index (Phi) is 5.77. The van der Waals surface area contributed by atoms with E-state index in [-0.39, 0.29) is 24.5 Å². The Morgan fingerprint density at radius 1 is 1.35 bits per heavy atom. The van der Waals surface area contributed by atoms with Crippen LogP contribution in [0.4, 0.5) is 4.79 Å². The Bertz CT molecular complexity index is 715. The van der Waals surface area contributed by atoms with E-state index < -0.39 is 6.09 Å². The van der Waals surface area contributed by atoms with Crippen LogP contribution < -0.4 is 5.32 Å². The highest BCUT2D eigenvalue weighted by molar-refractivity contribution is 5.82. The van der Waals surface area contributed by atoms with Crippen LogP contribution >= 0.6 is 0 Å². The molecule has 1 saturated heterocycles. The number of likely N-dealkylation sites (tertiary alicyclic amines) is 1. The average molecular weight is 358 g/mol. The molecule has 3 rings (SSSR count). The Hall–Kier alpha value is -2.97. The molecule has 1 unspecified atom stereocenters. The second-order valence-electron chi connectivity index (χ2n) is 6.26. The third-order valence-corrected chi connectivity index (χ3v) is 4.28. The van der Waals surface area contributed by atoms with E-state index in [0.717, 1.165) is 18.4 Å². The van der Waals surface area contributed by atoms with Crippen molar-refractivity contribution in [2.75, 3.05) is 13.1 Å².